The molecule has 1 amide bonds. The number of hydrogen-bond donors (Lipinski definition) is 1. The molecule has 0 aliphatic carbocycles. The first kappa shape index (κ1) is 16.1. The summed E-state index contributed by atoms with van der Waals surface area (Å²) >= 11 is 0. The van der Waals surface area contributed by atoms with Gasteiger partial charge in [-0.05, 0) is 36.4 Å². The fourth-order valence-corrected chi connectivity index (χ4v) is 2.14. The number of nitrogens with one attached hydrogen (secondary N) is 1. The number of nitro groups is 1. The second kappa shape index (κ2) is 7.22. The number of benzene rings is 2. The second-order valence-electron chi connectivity index (χ2n) is 5.05. The van der Waals surface area contributed by atoms with Crippen LogP contribution in [0, 0.1) is 10.1 Å². The fraction of sp³-hybridized carbons (Fsp3) is 0. The van der Waals surface area contributed by atoms with Crippen molar-refractivity contribution in [1.29, 1.82) is 0 Å². The molecule has 0 radical (unpaired) electrons. The van der Waals surface area contributed by atoms with E-state index in [1.54, 1.807) is 42.6 Å². The molecule has 25 heavy (non-hydrogen) atoms. The monoisotopic (exact) mass is 335 g/mol. The fourth-order valence-electron chi connectivity index (χ4n) is 2.14. The number of nitro benzene ring substituents is 1. The van der Waals surface area contributed by atoms with Crippen molar-refractivity contribution in [3.8, 4) is 11.5 Å². The molecule has 0 saturated heterocycles. The third-order valence-corrected chi connectivity index (χ3v) is 3.33. The van der Waals surface area contributed by atoms with Crippen molar-refractivity contribution in [2.45, 2.75) is 0 Å². The van der Waals surface area contributed by atoms with Crippen molar-refractivity contribution in [2.24, 2.45) is 0 Å². The number of carbonyl (C=O) groups is 1. The van der Waals surface area contributed by atoms with Gasteiger partial charge in [-0.2, -0.15) is 0 Å². The Bertz CT molecular complexity index is 896. The zero-order valence-electron chi connectivity index (χ0n) is 13.0. The molecule has 1 aromatic heterocycles. The smallest absolute Gasteiger partial charge is 0.269 e. The normalized spacial score (nSPS) is 10.1. The van der Waals surface area contributed by atoms with E-state index >= 15 is 0 Å². The van der Waals surface area contributed by atoms with Crippen LogP contribution in [0.4, 0.5) is 11.4 Å². The van der Waals surface area contributed by atoms with Gasteiger partial charge in [-0.3, -0.25) is 19.9 Å². The SMILES string of the molecule is O=C(Nc1cccnc1)c1ccccc1Oc1ccc([N+](=O)[O-])cc1. The molecular formula is C18H13N3O4. The summed E-state index contributed by atoms with van der Waals surface area (Å²) < 4.78 is 5.70. The largest absolute Gasteiger partial charge is 0.457 e. The van der Waals surface area contributed by atoms with Crippen LogP contribution >= 0.6 is 0 Å². The molecule has 0 atom stereocenters. The molecule has 7 heteroatoms. The number of carbonyl (C=O) groups excluding carboxylic acids is 1. The van der Waals surface area contributed by atoms with Gasteiger partial charge in [-0.1, -0.05) is 12.1 Å². The first-order chi connectivity index (χ1) is 12.1. The number of aromatic nitrogens is 1. The van der Waals surface area contributed by atoms with Crippen molar-refractivity contribution in [3.63, 3.8) is 0 Å². The summed E-state index contributed by atoms with van der Waals surface area (Å²) in [5, 5.41) is 13.4. The Labute approximate surface area is 143 Å². The summed E-state index contributed by atoms with van der Waals surface area (Å²) in [7, 11) is 0. The average molecular weight is 335 g/mol. The lowest BCUT2D eigenvalue weighted by Gasteiger charge is -2.11. The zero-order valence-corrected chi connectivity index (χ0v) is 13.0. The van der Waals surface area contributed by atoms with Gasteiger partial charge in [0.05, 0.1) is 22.4 Å². The summed E-state index contributed by atoms with van der Waals surface area (Å²) in [6.45, 7) is 0. The third kappa shape index (κ3) is 3.97. The van der Waals surface area contributed by atoms with Crippen LogP contribution in [0.15, 0.2) is 73.1 Å². The molecule has 0 saturated carbocycles. The van der Waals surface area contributed by atoms with E-state index in [-0.39, 0.29) is 11.6 Å². The van der Waals surface area contributed by atoms with Crippen LogP contribution in [0.5, 0.6) is 11.5 Å². The Morgan fingerprint density at radius 3 is 2.48 bits per heavy atom. The van der Waals surface area contributed by atoms with E-state index in [9.17, 15) is 14.9 Å². The molecule has 2 aromatic carbocycles. The van der Waals surface area contributed by atoms with Crippen LogP contribution in [0.1, 0.15) is 10.4 Å². The van der Waals surface area contributed by atoms with E-state index in [2.05, 4.69) is 10.3 Å². The Morgan fingerprint density at radius 2 is 1.80 bits per heavy atom. The molecule has 124 valence electrons. The number of para-hydroxylation sites is 1. The first-order valence-electron chi connectivity index (χ1n) is 7.36. The van der Waals surface area contributed by atoms with Crippen molar-refractivity contribution in [2.75, 3.05) is 5.32 Å². The maximum absolute atomic E-state index is 12.5. The van der Waals surface area contributed by atoms with Crippen LogP contribution in [-0.4, -0.2) is 15.8 Å². The number of pyridine rings is 1. The topological polar surface area (TPSA) is 94.4 Å². The Hall–Kier alpha value is -3.74. The number of anilines is 1. The average Bonchev–Trinajstić information content (AvgIpc) is 2.63. The van der Waals surface area contributed by atoms with Crippen molar-refractivity contribution >= 4 is 17.3 Å². The summed E-state index contributed by atoms with van der Waals surface area (Å²) in [5.41, 5.74) is 0.873. The highest BCUT2D eigenvalue weighted by Gasteiger charge is 2.14. The summed E-state index contributed by atoms with van der Waals surface area (Å²) in [6.07, 6.45) is 3.15. The highest BCUT2D eigenvalue weighted by molar-refractivity contribution is 6.06. The van der Waals surface area contributed by atoms with Crippen molar-refractivity contribution in [1.82, 2.24) is 4.98 Å². The number of nitrogens with zero attached hydrogens (tertiary/aromatic N) is 2. The highest BCUT2D eigenvalue weighted by atomic mass is 16.6. The maximum Gasteiger partial charge on any atom is 0.269 e. The van der Waals surface area contributed by atoms with Crippen molar-refractivity contribution < 1.29 is 14.5 Å². The number of ether oxygens (including phenoxy) is 1. The van der Waals surface area contributed by atoms with Crippen LogP contribution in [0.2, 0.25) is 0 Å². The number of rotatable bonds is 5. The molecule has 3 aromatic rings. The van der Waals surface area contributed by atoms with Gasteiger partial charge in [-0.15, -0.1) is 0 Å². The standard InChI is InChI=1S/C18H13N3O4/c22-18(20-13-4-3-11-19-12-13)16-5-1-2-6-17(16)25-15-9-7-14(8-10-15)21(23)24/h1-12H,(H,20,22). The summed E-state index contributed by atoms with van der Waals surface area (Å²) in [4.78, 5) is 26.6. The van der Waals surface area contributed by atoms with Gasteiger partial charge >= 0.3 is 0 Å². The zero-order chi connectivity index (χ0) is 17.6. The third-order valence-electron chi connectivity index (χ3n) is 3.33. The maximum atomic E-state index is 12.5. The molecule has 0 aliphatic rings. The van der Waals surface area contributed by atoms with E-state index in [1.165, 1.54) is 30.5 Å². The van der Waals surface area contributed by atoms with Crippen molar-refractivity contribution in [3.05, 3.63) is 88.7 Å². The molecule has 1 heterocycles. The number of hydrogen-bond acceptors (Lipinski definition) is 5. The molecule has 1 N–H and O–H groups in total. The Kier molecular flexibility index (Phi) is 4.66. The van der Waals surface area contributed by atoms with E-state index in [0.717, 1.165) is 0 Å². The highest BCUT2D eigenvalue weighted by Crippen LogP contribution is 2.27. The van der Waals surface area contributed by atoms with E-state index in [0.29, 0.717) is 22.7 Å². The molecule has 0 unspecified atom stereocenters. The van der Waals surface area contributed by atoms with Crippen LogP contribution in [0.3, 0.4) is 0 Å². The molecule has 7 nitrogen and oxygen atoms in total. The summed E-state index contributed by atoms with van der Waals surface area (Å²) in [6, 6.07) is 15.8. The minimum atomic E-state index is -0.487. The predicted molar refractivity (Wildman–Crippen MR) is 91.8 cm³/mol. The second-order valence-corrected chi connectivity index (χ2v) is 5.05. The molecule has 0 spiro atoms. The van der Waals surface area contributed by atoms with Gasteiger partial charge in [0.25, 0.3) is 11.6 Å². The van der Waals surface area contributed by atoms with Crippen LogP contribution in [0.25, 0.3) is 0 Å². The number of non-ortho nitro benzene ring substituents is 1. The van der Waals surface area contributed by atoms with Crippen LogP contribution in [-0.2, 0) is 0 Å². The molecule has 0 bridgehead atoms. The minimum Gasteiger partial charge on any atom is -0.457 e. The molecule has 0 aliphatic heterocycles. The van der Waals surface area contributed by atoms with Gasteiger partial charge in [0.1, 0.15) is 11.5 Å². The molecule has 0 fully saturated rings. The molecule has 3 rings (SSSR count). The van der Waals surface area contributed by atoms with Gasteiger partial charge in [-0.25, -0.2) is 0 Å². The lowest BCUT2D eigenvalue weighted by molar-refractivity contribution is -0.384. The predicted octanol–water partition coefficient (Wildman–Crippen LogP) is 4.03. The van der Waals surface area contributed by atoms with Gasteiger partial charge in [0, 0.05) is 18.3 Å². The quantitative estimate of drug-likeness (QED) is 0.561. The number of amides is 1. The first-order valence-corrected chi connectivity index (χ1v) is 7.36. The molecular weight excluding hydrogens is 322 g/mol. The van der Waals surface area contributed by atoms with Gasteiger partial charge in [0.2, 0.25) is 0 Å². The lowest BCUT2D eigenvalue weighted by Crippen LogP contribution is -2.13. The van der Waals surface area contributed by atoms with Crippen LogP contribution < -0.4 is 10.1 Å². The summed E-state index contributed by atoms with van der Waals surface area (Å²) in [5.74, 6) is 0.399. The van der Waals surface area contributed by atoms with Gasteiger partial charge in [0.15, 0.2) is 0 Å². The van der Waals surface area contributed by atoms with Gasteiger partial charge < -0.3 is 10.1 Å². The lowest BCUT2D eigenvalue weighted by atomic mass is 10.2. The minimum absolute atomic E-state index is 0.0324. The van der Waals surface area contributed by atoms with E-state index in [4.69, 9.17) is 4.74 Å². The Balaban J connectivity index is 1.81. The Morgan fingerprint density at radius 1 is 1.04 bits per heavy atom. The van der Waals surface area contributed by atoms with E-state index < -0.39 is 4.92 Å². The van der Waals surface area contributed by atoms with E-state index in [1.807, 2.05) is 0 Å².